The molecule has 5 rings (SSSR count). The topological polar surface area (TPSA) is 123 Å². The van der Waals surface area contributed by atoms with E-state index in [0.717, 1.165) is 0 Å². The van der Waals surface area contributed by atoms with Crippen LogP contribution in [0.3, 0.4) is 0 Å². The average Bonchev–Trinajstić information content (AvgIpc) is 3.54. The monoisotopic (exact) mass is 478 g/mol. The van der Waals surface area contributed by atoms with Crippen LogP contribution in [-0.4, -0.2) is 37.6 Å². The largest absolute Gasteiger partial charge is 0.508 e. The van der Waals surface area contributed by atoms with Gasteiger partial charge >= 0.3 is 0 Å². The smallest absolute Gasteiger partial charge is 0.209 e. The van der Waals surface area contributed by atoms with Crippen molar-refractivity contribution in [2.24, 2.45) is 4.99 Å². The number of aromatic nitrogens is 1. The van der Waals surface area contributed by atoms with E-state index in [2.05, 4.69) is 9.98 Å². The zero-order valence-electron chi connectivity index (χ0n) is 19.1. The second-order valence-corrected chi connectivity index (χ2v) is 8.48. The van der Waals surface area contributed by atoms with Crippen molar-refractivity contribution in [1.82, 2.24) is 4.98 Å². The maximum atomic E-state index is 13.0. The van der Waals surface area contributed by atoms with E-state index >= 15 is 0 Å². The number of phenolic OH excluding ortho intramolecular Hbond substituents is 3. The van der Waals surface area contributed by atoms with Crippen molar-refractivity contribution in [3.63, 3.8) is 0 Å². The number of aromatic amines is 1. The van der Waals surface area contributed by atoms with Crippen molar-refractivity contribution in [3.8, 4) is 17.2 Å². The van der Waals surface area contributed by atoms with Crippen LogP contribution in [0.2, 0.25) is 0 Å². The second-order valence-electron chi connectivity index (χ2n) is 8.48. The number of carbonyl (C=O) groups is 2. The van der Waals surface area contributed by atoms with Crippen LogP contribution in [0.1, 0.15) is 50.5 Å². The second kappa shape index (κ2) is 9.38. The molecule has 3 aromatic carbocycles. The van der Waals surface area contributed by atoms with Crippen LogP contribution in [0.25, 0.3) is 5.57 Å². The summed E-state index contributed by atoms with van der Waals surface area (Å²) in [6.07, 6.45) is 0.904. The van der Waals surface area contributed by atoms with E-state index in [1.54, 1.807) is 54.6 Å². The van der Waals surface area contributed by atoms with Crippen LogP contribution >= 0.6 is 0 Å². The zero-order chi connectivity index (χ0) is 25.2. The fraction of sp³-hybridized carbons (Fsp3) is 0.0690. The number of hydrogen-bond donors (Lipinski definition) is 4. The molecule has 178 valence electrons. The number of nitrogens with zero attached hydrogens (tertiary/aromatic N) is 1. The summed E-state index contributed by atoms with van der Waals surface area (Å²) < 4.78 is 0. The number of carbonyl (C=O) groups excluding carboxylic acids is 2. The van der Waals surface area contributed by atoms with Crippen LogP contribution in [0.4, 0.5) is 0 Å². The molecule has 7 nitrogen and oxygen atoms in total. The molecule has 0 bridgehead atoms. The molecule has 1 aliphatic heterocycles. The predicted molar refractivity (Wildman–Crippen MR) is 136 cm³/mol. The van der Waals surface area contributed by atoms with Crippen LogP contribution in [-0.2, 0) is 0 Å². The fourth-order valence-corrected chi connectivity index (χ4v) is 4.29. The highest BCUT2D eigenvalue weighted by Gasteiger charge is 2.25. The minimum Gasteiger partial charge on any atom is -0.508 e. The van der Waals surface area contributed by atoms with Crippen LogP contribution in [0, 0.1) is 0 Å². The lowest BCUT2D eigenvalue weighted by Crippen LogP contribution is -2.11. The Kier molecular flexibility index (Phi) is 5.96. The molecule has 4 aromatic rings. The Balaban J connectivity index is 1.57. The molecule has 1 aromatic heterocycles. The molecular formula is C29H22N2O5. The van der Waals surface area contributed by atoms with Gasteiger partial charge < -0.3 is 20.3 Å². The molecule has 0 unspecified atom stereocenters. The first-order valence-corrected chi connectivity index (χ1v) is 11.4. The highest BCUT2D eigenvalue weighted by atomic mass is 16.3. The van der Waals surface area contributed by atoms with Gasteiger partial charge in [-0.25, -0.2) is 0 Å². The molecule has 0 spiro atoms. The number of rotatable bonds is 6. The van der Waals surface area contributed by atoms with E-state index in [1.807, 2.05) is 6.07 Å². The number of aromatic hydroxyl groups is 3. The Morgan fingerprint density at radius 1 is 0.639 bits per heavy atom. The standard InChI is InChI=1S/C29H22N2O5/c32-20-7-1-4-17(14-20)27(23-10-12-25(30-23)28(35)18-5-2-8-21(33)15-18)24-11-13-26(31-24)29(36)19-6-3-9-22(34)16-19/h1-10,12,14-16,30,32-34H,11,13H2/b27-24-. The van der Waals surface area contributed by atoms with Gasteiger partial charge in [-0.1, -0.05) is 36.4 Å². The first-order chi connectivity index (χ1) is 17.4. The van der Waals surface area contributed by atoms with Crippen molar-refractivity contribution in [2.75, 3.05) is 0 Å². The Morgan fingerprint density at radius 3 is 1.78 bits per heavy atom. The number of H-pyrrole nitrogens is 1. The zero-order valence-corrected chi connectivity index (χ0v) is 19.1. The number of nitrogens with one attached hydrogen (secondary N) is 1. The quantitative estimate of drug-likeness (QED) is 0.282. The lowest BCUT2D eigenvalue weighted by Gasteiger charge is -2.10. The third-order valence-electron chi connectivity index (χ3n) is 5.97. The molecule has 0 radical (unpaired) electrons. The van der Waals surface area contributed by atoms with E-state index in [9.17, 15) is 24.9 Å². The summed E-state index contributed by atoms with van der Waals surface area (Å²) in [5.41, 5.74) is 3.98. The summed E-state index contributed by atoms with van der Waals surface area (Å²) >= 11 is 0. The number of ketones is 2. The number of allylic oxidation sites excluding steroid dienone is 1. The van der Waals surface area contributed by atoms with Gasteiger partial charge in [0.1, 0.15) is 17.2 Å². The summed E-state index contributed by atoms with van der Waals surface area (Å²) in [4.78, 5) is 33.8. The summed E-state index contributed by atoms with van der Waals surface area (Å²) in [5.74, 6) is -0.467. The number of phenols is 3. The van der Waals surface area contributed by atoms with Crippen LogP contribution < -0.4 is 0 Å². The van der Waals surface area contributed by atoms with Gasteiger partial charge in [-0.2, -0.15) is 0 Å². The summed E-state index contributed by atoms with van der Waals surface area (Å²) in [6.45, 7) is 0. The Morgan fingerprint density at radius 2 is 1.17 bits per heavy atom. The SMILES string of the molecule is O=C(C1=N/C(=C(/c2cccc(O)c2)c2ccc(C(=O)c3cccc(O)c3)[nH]2)CC1)c1cccc(O)c1. The number of benzene rings is 3. The summed E-state index contributed by atoms with van der Waals surface area (Å²) in [5, 5.41) is 29.6. The van der Waals surface area contributed by atoms with Gasteiger partial charge in [0.05, 0.1) is 17.1 Å². The Bertz CT molecular complexity index is 1560. The third-order valence-corrected chi connectivity index (χ3v) is 5.97. The van der Waals surface area contributed by atoms with E-state index in [1.165, 1.54) is 24.3 Å². The van der Waals surface area contributed by atoms with Gasteiger partial charge in [0.2, 0.25) is 11.6 Å². The summed E-state index contributed by atoms with van der Waals surface area (Å²) in [6, 6.07) is 22.4. The van der Waals surface area contributed by atoms with Crippen molar-refractivity contribution < 1.29 is 24.9 Å². The molecule has 0 fully saturated rings. The van der Waals surface area contributed by atoms with Crippen molar-refractivity contribution in [3.05, 3.63) is 119 Å². The van der Waals surface area contributed by atoms with E-state index in [-0.39, 0.29) is 28.8 Å². The maximum Gasteiger partial charge on any atom is 0.209 e. The average molecular weight is 479 g/mol. The lowest BCUT2D eigenvalue weighted by atomic mass is 9.98. The molecule has 0 saturated carbocycles. The van der Waals surface area contributed by atoms with Crippen molar-refractivity contribution in [2.45, 2.75) is 12.8 Å². The molecule has 1 aliphatic rings. The van der Waals surface area contributed by atoms with Gasteiger partial charge in [0, 0.05) is 22.4 Å². The number of hydrogen-bond acceptors (Lipinski definition) is 6. The molecular weight excluding hydrogens is 456 g/mol. The van der Waals surface area contributed by atoms with Gasteiger partial charge in [0.15, 0.2) is 0 Å². The molecule has 2 heterocycles. The molecule has 0 amide bonds. The Hall–Kier alpha value is -4.91. The highest BCUT2D eigenvalue weighted by molar-refractivity contribution is 6.46. The van der Waals surface area contributed by atoms with E-state index in [0.29, 0.717) is 57.9 Å². The minimum absolute atomic E-state index is 0.000536. The van der Waals surface area contributed by atoms with Crippen LogP contribution in [0.5, 0.6) is 17.2 Å². The minimum atomic E-state index is -0.285. The molecule has 7 heteroatoms. The molecule has 36 heavy (non-hydrogen) atoms. The first-order valence-electron chi connectivity index (χ1n) is 11.4. The number of aliphatic imine (C=N–C) groups is 1. The van der Waals surface area contributed by atoms with Crippen molar-refractivity contribution in [1.29, 1.82) is 0 Å². The highest BCUT2D eigenvalue weighted by Crippen LogP contribution is 2.34. The van der Waals surface area contributed by atoms with E-state index < -0.39 is 0 Å². The molecule has 0 atom stereocenters. The van der Waals surface area contributed by atoms with Gasteiger partial charge in [0.25, 0.3) is 0 Å². The summed E-state index contributed by atoms with van der Waals surface area (Å²) in [7, 11) is 0. The lowest BCUT2D eigenvalue weighted by molar-refractivity contribution is 0.103. The van der Waals surface area contributed by atoms with Gasteiger partial charge in [-0.15, -0.1) is 0 Å². The van der Waals surface area contributed by atoms with E-state index in [4.69, 9.17) is 0 Å². The third kappa shape index (κ3) is 4.54. The van der Waals surface area contributed by atoms with Gasteiger partial charge in [-0.05, 0) is 66.9 Å². The molecule has 0 saturated heterocycles. The van der Waals surface area contributed by atoms with Crippen molar-refractivity contribution >= 4 is 22.9 Å². The maximum absolute atomic E-state index is 13.0. The fourth-order valence-electron chi connectivity index (χ4n) is 4.29. The first kappa shape index (κ1) is 22.9. The van der Waals surface area contributed by atoms with Gasteiger partial charge in [-0.3, -0.25) is 14.6 Å². The molecule has 0 aliphatic carbocycles. The van der Waals surface area contributed by atoms with Crippen LogP contribution in [0.15, 0.2) is 95.6 Å². The normalized spacial score (nSPS) is 14.4. The molecule has 4 N–H and O–H groups in total. The number of Topliss-reactive ketones (excluding diaryl/α,β-unsaturated/α-hetero) is 1. The Labute approximate surface area is 206 Å². The predicted octanol–water partition coefficient (Wildman–Crippen LogP) is 5.24.